The maximum absolute atomic E-state index is 12.6. The molecular formula is C23H28N4O2. The van der Waals surface area contributed by atoms with Gasteiger partial charge in [0.2, 0.25) is 0 Å². The Bertz CT molecular complexity index is 915. The smallest absolute Gasteiger partial charge is 0.251 e. The zero-order valence-electron chi connectivity index (χ0n) is 17.3. The molecule has 2 unspecified atom stereocenters. The number of amidine groups is 1. The van der Waals surface area contributed by atoms with Gasteiger partial charge in [-0.2, -0.15) is 0 Å². The minimum Gasteiger partial charge on any atom is -0.402 e. The lowest BCUT2D eigenvalue weighted by Gasteiger charge is -2.25. The first-order valence-corrected chi connectivity index (χ1v) is 9.45. The third kappa shape index (κ3) is 5.78. The van der Waals surface area contributed by atoms with Gasteiger partial charge in [0.05, 0.1) is 6.04 Å². The normalized spacial score (nSPS) is 14.4. The summed E-state index contributed by atoms with van der Waals surface area (Å²) >= 11 is 0. The number of aliphatic imine (C=N–C) groups is 1. The molecule has 0 radical (unpaired) electrons. The van der Waals surface area contributed by atoms with Gasteiger partial charge in [-0.25, -0.2) is 0 Å². The molecule has 0 aliphatic carbocycles. The zero-order valence-corrected chi connectivity index (χ0v) is 17.3. The van der Waals surface area contributed by atoms with E-state index >= 15 is 0 Å². The van der Waals surface area contributed by atoms with Gasteiger partial charge < -0.3 is 21.2 Å². The van der Waals surface area contributed by atoms with Gasteiger partial charge in [0, 0.05) is 35.5 Å². The summed E-state index contributed by atoms with van der Waals surface area (Å²) in [6, 6.07) is 16.0. The molecule has 0 fully saturated rings. The Balaban J connectivity index is 2.25. The summed E-state index contributed by atoms with van der Waals surface area (Å²) in [6.45, 7) is 5.52. The van der Waals surface area contributed by atoms with Gasteiger partial charge in [0.1, 0.15) is 12.1 Å². The number of nitrogens with one attached hydrogen (secondary N) is 2. The number of aldehydes is 1. The van der Waals surface area contributed by atoms with Gasteiger partial charge in [0.25, 0.3) is 5.91 Å². The fraction of sp³-hybridized carbons (Fsp3) is 0.261. The predicted molar refractivity (Wildman–Crippen MR) is 118 cm³/mol. The molecule has 2 rings (SSSR count). The number of allylic oxidation sites excluding steroid dienone is 1. The van der Waals surface area contributed by atoms with Crippen LogP contribution >= 0.6 is 0 Å². The number of para-hydroxylation sites is 1. The van der Waals surface area contributed by atoms with Gasteiger partial charge in [0.15, 0.2) is 0 Å². The van der Waals surface area contributed by atoms with Crippen molar-refractivity contribution in [2.75, 3.05) is 12.4 Å². The highest BCUT2D eigenvalue weighted by Crippen LogP contribution is 2.21. The summed E-state index contributed by atoms with van der Waals surface area (Å²) in [5.41, 5.74) is 9.69. The summed E-state index contributed by atoms with van der Waals surface area (Å²) < 4.78 is 0. The SMILES string of the molecule is CN=C(Nc1ccccc1)C(=C(C)N)C(C)C(C=O)NC(=O)c1cccc(C)c1. The van der Waals surface area contributed by atoms with Crippen molar-refractivity contribution in [3.63, 3.8) is 0 Å². The number of carbonyl (C=O) groups excluding carboxylic acids is 2. The fourth-order valence-electron chi connectivity index (χ4n) is 3.14. The lowest BCUT2D eigenvalue weighted by Crippen LogP contribution is -2.43. The first-order valence-electron chi connectivity index (χ1n) is 9.45. The molecule has 0 saturated carbocycles. The molecule has 1 amide bonds. The van der Waals surface area contributed by atoms with Crippen molar-refractivity contribution in [3.05, 3.63) is 77.0 Å². The number of benzene rings is 2. The third-order valence-electron chi connectivity index (χ3n) is 4.66. The van der Waals surface area contributed by atoms with Crippen LogP contribution in [0.25, 0.3) is 0 Å². The standard InChI is InChI=1S/C23H28N4O2/c1-15-9-8-10-18(13-15)23(29)27-20(14-28)16(2)21(17(3)24)22(25-4)26-19-11-6-5-7-12-19/h5-14,16,20H,24H2,1-4H3,(H,25,26)(H,27,29). The van der Waals surface area contributed by atoms with E-state index in [0.717, 1.165) is 17.5 Å². The number of nitrogens with two attached hydrogens (primary N) is 1. The van der Waals surface area contributed by atoms with Crippen molar-refractivity contribution in [1.82, 2.24) is 5.32 Å². The van der Waals surface area contributed by atoms with E-state index in [0.29, 0.717) is 22.7 Å². The van der Waals surface area contributed by atoms with Crippen molar-refractivity contribution >= 4 is 23.7 Å². The number of hydrogen-bond acceptors (Lipinski definition) is 4. The fourth-order valence-corrected chi connectivity index (χ4v) is 3.14. The number of rotatable bonds is 7. The first-order chi connectivity index (χ1) is 13.9. The number of amides is 1. The number of anilines is 1. The maximum Gasteiger partial charge on any atom is 0.251 e. The van der Waals surface area contributed by atoms with Crippen LogP contribution in [0.15, 0.2) is 70.9 Å². The molecule has 152 valence electrons. The summed E-state index contributed by atoms with van der Waals surface area (Å²) in [6.07, 6.45) is 0.733. The zero-order chi connectivity index (χ0) is 21.4. The molecule has 2 aromatic rings. The Kier molecular flexibility index (Phi) is 7.71. The van der Waals surface area contributed by atoms with E-state index in [1.165, 1.54) is 0 Å². The van der Waals surface area contributed by atoms with Crippen LogP contribution in [0.4, 0.5) is 5.69 Å². The highest BCUT2D eigenvalue weighted by molar-refractivity contribution is 6.09. The molecule has 2 atom stereocenters. The average Bonchev–Trinajstić information content (AvgIpc) is 2.71. The van der Waals surface area contributed by atoms with Crippen LogP contribution in [0.3, 0.4) is 0 Å². The van der Waals surface area contributed by atoms with E-state index in [2.05, 4.69) is 15.6 Å². The Morgan fingerprint density at radius 2 is 1.83 bits per heavy atom. The van der Waals surface area contributed by atoms with Crippen LogP contribution in [-0.2, 0) is 4.79 Å². The van der Waals surface area contributed by atoms with Crippen molar-refractivity contribution in [1.29, 1.82) is 0 Å². The predicted octanol–water partition coefficient (Wildman–Crippen LogP) is 3.30. The van der Waals surface area contributed by atoms with E-state index in [1.54, 1.807) is 26.1 Å². The Hall–Kier alpha value is -3.41. The van der Waals surface area contributed by atoms with Gasteiger partial charge in [-0.3, -0.25) is 9.79 Å². The molecule has 0 aromatic heterocycles. The van der Waals surface area contributed by atoms with Crippen LogP contribution in [0.1, 0.15) is 29.8 Å². The second kappa shape index (κ2) is 10.2. The molecule has 0 aliphatic rings. The van der Waals surface area contributed by atoms with Crippen LogP contribution in [0.5, 0.6) is 0 Å². The molecule has 0 bridgehead atoms. The average molecular weight is 393 g/mol. The molecule has 0 heterocycles. The molecule has 0 saturated heterocycles. The molecule has 2 aromatic carbocycles. The van der Waals surface area contributed by atoms with Crippen molar-refractivity contribution in [3.8, 4) is 0 Å². The Morgan fingerprint density at radius 1 is 1.14 bits per heavy atom. The van der Waals surface area contributed by atoms with E-state index in [-0.39, 0.29) is 11.8 Å². The molecule has 29 heavy (non-hydrogen) atoms. The minimum absolute atomic E-state index is 0.308. The summed E-state index contributed by atoms with van der Waals surface area (Å²) in [7, 11) is 1.65. The Morgan fingerprint density at radius 3 is 2.38 bits per heavy atom. The largest absolute Gasteiger partial charge is 0.402 e. The quantitative estimate of drug-likeness (QED) is 0.383. The lowest BCUT2D eigenvalue weighted by molar-refractivity contribution is -0.110. The summed E-state index contributed by atoms with van der Waals surface area (Å²) in [4.78, 5) is 28.8. The number of hydrogen-bond donors (Lipinski definition) is 3. The summed E-state index contributed by atoms with van der Waals surface area (Å²) in [5, 5.41) is 6.05. The van der Waals surface area contributed by atoms with Crippen LogP contribution in [0.2, 0.25) is 0 Å². The highest BCUT2D eigenvalue weighted by atomic mass is 16.2. The maximum atomic E-state index is 12.6. The van der Waals surface area contributed by atoms with Crippen molar-refractivity contribution in [2.45, 2.75) is 26.8 Å². The van der Waals surface area contributed by atoms with Gasteiger partial charge in [-0.1, -0.05) is 42.8 Å². The van der Waals surface area contributed by atoms with Gasteiger partial charge in [-0.15, -0.1) is 0 Å². The topological polar surface area (TPSA) is 96.6 Å². The monoisotopic (exact) mass is 392 g/mol. The van der Waals surface area contributed by atoms with Crippen molar-refractivity contribution in [2.24, 2.45) is 16.6 Å². The lowest BCUT2D eigenvalue weighted by atomic mass is 9.90. The second-order valence-corrected chi connectivity index (χ2v) is 6.95. The van der Waals surface area contributed by atoms with Gasteiger partial charge >= 0.3 is 0 Å². The second-order valence-electron chi connectivity index (χ2n) is 6.95. The molecule has 0 spiro atoms. The van der Waals surface area contributed by atoms with Crippen LogP contribution in [-0.4, -0.2) is 31.1 Å². The van der Waals surface area contributed by atoms with E-state index in [9.17, 15) is 9.59 Å². The van der Waals surface area contributed by atoms with Crippen LogP contribution < -0.4 is 16.4 Å². The highest BCUT2D eigenvalue weighted by Gasteiger charge is 2.27. The first kappa shape index (κ1) is 21.9. The number of carbonyl (C=O) groups is 2. The van der Waals surface area contributed by atoms with Crippen LogP contribution in [0, 0.1) is 12.8 Å². The van der Waals surface area contributed by atoms with Crippen molar-refractivity contribution < 1.29 is 9.59 Å². The number of nitrogens with zero attached hydrogens (tertiary/aromatic N) is 1. The number of aryl methyl sites for hydroxylation is 1. The molecule has 0 aliphatic heterocycles. The van der Waals surface area contributed by atoms with Gasteiger partial charge in [-0.05, 0) is 38.1 Å². The molecule has 4 N–H and O–H groups in total. The summed E-state index contributed by atoms with van der Waals surface area (Å²) in [5.74, 6) is -0.140. The van der Waals surface area contributed by atoms with E-state index in [4.69, 9.17) is 5.73 Å². The van der Waals surface area contributed by atoms with E-state index < -0.39 is 6.04 Å². The Labute approximate surface area is 171 Å². The third-order valence-corrected chi connectivity index (χ3v) is 4.66. The molecular weight excluding hydrogens is 364 g/mol. The molecule has 6 nitrogen and oxygen atoms in total. The molecule has 6 heteroatoms. The van der Waals surface area contributed by atoms with E-state index in [1.807, 2.05) is 56.3 Å². The minimum atomic E-state index is -0.758.